The van der Waals surface area contributed by atoms with Gasteiger partial charge in [0.1, 0.15) is 0 Å². The molecule has 0 aliphatic heterocycles. The average Bonchev–Trinajstić information content (AvgIpc) is 3.35. The highest BCUT2D eigenvalue weighted by Crippen LogP contribution is 2.38. The van der Waals surface area contributed by atoms with Gasteiger partial charge in [-0.05, 0) is 92.3 Å². The van der Waals surface area contributed by atoms with Gasteiger partial charge in [0, 0.05) is 5.69 Å². The second kappa shape index (κ2) is 8.41. The average molecular weight is 492 g/mol. The summed E-state index contributed by atoms with van der Waals surface area (Å²) in [7, 11) is -7.96. The third-order valence-electron chi connectivity index (χ3n) is 6.04. The Morgan fingerprint density at radius 1 is 1.00 bits per heavy atom. The molecule has 2 aromatic carbocycles. The van der Waals surface area contributed by atoms with Crippen LogP contribution in [0.5, 0.6) is 0 Å². The summed E-state index contributed by atoms with van der Waals surface area (Å²) >= 11 is 0. The number of amides is 2. The molecule has 178 valence electrons. The summed E-state index contributed by atoms with van der Waals surface area (Å²) in [5.74, 6) is 0. The van der Waals surface area contributed by atoms with Crippen LogP contribution in [0.3, 0.4) is 0 Å². The summed E-state index contributed by atoms with van der Waals surface area (Å²) in [5, 5.41) is 13.2. The van der Waals surface area contributed by atoms with Crippen LogP contribution in [0.1, 0.15) is 54.5 Å². The first kappa shape index (κ1) is 23.7. The quantitative estimate of drug-likeness (QED) is 0.591. The Labute approximate surface area is 195 Å². The van der Waals surface area contributed by atoms with E-state index < -0.39 is 31.6 Å². The van der Waals surface area contributed by atoms with Gasteiger partial charge in [-0.1, -0.05) is 22.0 Å². The third kappa shape index (κ3) is 5.07. The fourth-order valence-corrected chi connectivity index (χ4v) is 7.58. The van der Waals surface area contributed by atoms with E-state index in [1.807, 2.05) is 0 Å². The van der Waals surface area contributed by atoms with E-state index in [2.05, 4.69) is 19.9 Å². The summed E-state index contributed by atoms with van der Waals surface area (Å²) in [5.41, 5.74) is 4.56. The summed E-state index contributed by atoms with van der Waals surface area (Å²) in [6.45, 7) is 3.11. The van der Waals surface area contributed by atoms with Crippen molar-refractivity contribution in [3.63, 3.8) is 0 Å². The monoisotopic (exact) mass is 491 g/mol. The van der Waals surface area contributed by atoms with Crippen molar-refractivity contribution in [2.24, 2.45) is 3.77 Å². The molecule has 4 rings (SSSR count). The van der Waals surface area contributed by atoms with Gasteiger partial charge in [-0.15, -0.1) is 0 Å². The van der Waals surface area contributed by atoms with Crippen LogP contribution < -0.4 is 10.0 Å². The van der Waals surface area contributed by atoms with Crippen LogP contribution in [0.15, 0.2) is 39.0 Å². The zero-order valence-corrected chi connectivity index (χ0v) is 20.6. The third-order valence-corrected chi connectivity index (χ3v) is 9.32. The van der Waals surface area contributed by atoms with Crippen molar-refractivity contribution in [2.45, 2.75) is 62.9 Å². The minimum Gasteiger partial charge on any atom is -0.386 e. The van der Waals surface area contributed by atoms with Crippen molar-refractivity contribution in [1.29, 1.82) is 0 Å². The van der Waals surface area contributed by atoms with Crippen molar-refractivity contribution in [3.05, 3.63) is 58.1 Å². The molecule has 1 unspecified atom stereocenters. The molecule has 0 bridgehead atoms. The Balaban J connectivity index is 1.72. The molecular weight excluding hydrogens is 462 g/mol. The van der Waals surface area contributed by atoms with E-state index in [4.69, 9.17) is 0 Å². The number of fused-ring (bicyclic) bond motifs is 2. The SMILES string of the molecule is CC(C)(O)c1cccc(S(=O)(=NS(C)(=O)=O)NC(=O)Nc2c3c(cc4c2CCC4)CCC3)c1. The highest BCUT2D eigenvalue weighted by molar-refractivity contribution is 8.02. The number of urea groups is 1. The number of hydrogen-bond acceptors (Lipinski definition) is 5. The number of carbonyl (C=O) groups excluding carboxylic acids is 1. The van der Waals surface area contributed by atoms with Crippen molar-refractivity contribution in [2.75, 3.05) is 11.6 Å². The topological polar surface area (TPSA) is 125 Å². The van der Waals surface area contributed by atoms with Crippen LogP contribution in [0.25, 0.3) is 0 Å². The number of sulfonamides is 1. The number of nitrogens with one attached hydrogen (secondary N) is 2. The lowest BCUT2D eigenvalue weighted by molar-refractivity contribution is 0.0784. The maximum Gasteiger partial charge on any atom is 0.331 e. The molecule has 3 N–H and O–H groups in total. The lowest BCUT2D eigenvalue weighted by Gasteiger charge is -2.20. The van der Waals surface area contributed by atoms with E-state index in [0.29, 0.717) is 5.56 Å². The summed E-state index contributed by atoms with van der Waals surface area (Å²) < 4.78 is 43.5. The molecule has 2 aliphatic rings. The summed E-state index contributed by atoms with van der Waals surface area (Å²) in [4.78, 5) is 13.1. The number of benzene rings is 2. The lowest BCUT2D eigenvalue weighted by Crippen LogP contribution is -2.35. The normalized spacial score (nSPS) is 17.1. The molecule has 2 aromatic rings. The molecule has 0 radical (unpaired) electrons. The largest absolute Gasteiger partial charge is 0.386 e. The number of hydrogen-bond donors (Lipinski definition) is 3. The van der Waals surface area contributed by atoms with Gasteiger partial charge in [-0.25, -0.2) is 22.1 Å². The summed E-state index contributed by atoms with van der Waals surface area (Å²) in [6.07, 6.45) is 6.48. The van der Waals surface area contributed by atoms with Crippen LogP contribution >= 0.6 is 0 Å². The van der Waals surface area contributed by atoms with Crippen LogP contribution in [0.4, 0.5) is 10.5 Å². The second-order valence-corrected chi connectivity index (χ2v) is 13.0. The fraction of sp³-hybridized carbons (Fsp3) is 0.435. The molecule has 0 saturated carbocycles. The molecule has 0 heterocycles. The Morgan fingerprint density at radius 3 is 2.15 bits per heavy atom. The highest BCUT2D eigenvalue weighted by Gasteiger charge is 2.27. The van der Waals surface area contributed by atoms with Gasteiger partial charge >= 0.3 is 6.03 Å². The molecule has 0 aromatic heterocycles. The standard InChI is InChI=1S/C23H29N3O5S2/c1-23(2,28)17-9-6-10-18(14-17)33(31,26-32(3,29)30)25-22(27)24-21-19-11-4-7-15(19)13-16-8-5-12-20(16)21/h6,9-10,13-14,28H,4-5,7-8,11-12H2,1-3H3,(H2,24,25,26,27,31). The molecule has 2 aliphatic carbocycles. The predicted molar refractivity (Wildman–Crippen MR) is 128 cm³/mol. The van der Waals surface area contributed by atoms with Gasteiger partial charge in [-0.2, -0.15) is 0 Å². The molecule has 33 heavy (non-hydrogen) atoms. The maximum absolute atomic E-state index is 13.8. The van der Waals surface area contributed by atoms with Gasteiger partial charge in [0.15, 0.2) is 9.92 Å². The van der Waals surface area contributed by atoms with Crippen molar-refractivity contribution >= 4 is 31.7 Å². The molecule has 10 heteroatoms. The number of anilines is 1. The minimum atomic E-state index is -4.07. The Morgan fingerprint density at radius 2 is 1.61 bits per heavy atom. The molecule has 2 amide bonds. The van der Waals surface area contributed by atoms with Gasteiger partial charge in [0.2, 0.25) is 0 Å². The van der Waals surface area contributed by atoms with Crippen LogP contribution in [0, 0.1) is 0 Å². The van der Waals surface area contributed by atoms with Gasteiger partial charge in [-0.3, -0.25) is 0 Å². The molecule has 0 saturated heterocycles. The molecule has 8 nitrogen and oxygen atoms in total. The van der Waals surface area contributed by atoms with Crippen molar-refractivity contribution < 1.29 is 22.5 Å². The van der Waals surface area contributed by atoms with Gasteiger partial charge < -0.3 is 10.4 Å². The first-order chi connectivity index (χ1) is 15.4. The van der Waals surface area contributed by atoms with E-state index in [9.17, 15) is 22.5 Å². The van der Waals surface area contributed by atoms with Crippen molar-refractivity contribution in [3.8, 4) is 0 Å². The summed E-state index contributed by atoms with van der Waals surface area (Å²) in [6, 6.07) is 7.44. The minimum absolute atomic E-state index is 0.00813. The number of nitrogens with zero attached hydrogens (tertiary/aromatic N) is 1. The first-order valence-electron chi connectivity index (χ1n) is 10.9. The Bertz CT molecular complexity index is 1320. The fourth-order valence-electron chi connectivity index (χ4n) is 4.59. The van der Waals surface area contributed by atoms with Gasteiger partial charge in [0.25, 0.3) is 10.0 Å². The van der Waals surface area contributed by atoms with Crippen LogP contribution in [-0.4, -0.2) is 30.0 Å². The Hall–Kier alpha value is -2.43. The number of aryl methyl sites for hydroxylation is 2. The van der Waals surface area contributed by atoms with E-state index in [0.717, 1.165) is 61.6 Å². The molecule has 0 spiro atoms. The van der Waals surface area contributed by atoms with E-state index in [-0.39, 0.29) is 4.90 Å². The maximum atomic E-state index is 13.8. The zero-order chi connectivity index (χ0) is 24.0. The van der Waals surface area contributed by atoms with Gasteiger partial charge in [0.05, 0.1) is 16.8 Å². The smallest absolute Gasteiger partial charge is 0.331 e. The zero-order valence-electron chi connectivity index (χ0n) is 19.0. The number of aliphatic hydroxyl groups is 1. The van der Waals surface area contributed by atoms with E-state index in [1.54, 1.807) is 19.9 Å². The number of carbonyl (C=O) groups is 1. The molecular formula is C23H29N3O5S2. The van der Waals surface area contributed by atoms with Crippen LogP contribution in [0.2, 0.25) is 0 Å². The second-order valence-electron chi connectivity index (χ2n) is 9.21. The Kier molecular flexibility index (Phi) is 6.05. The molecule has 1 atom stereocenters. The number of rotatable bonds is 5. The van der Waals surface area contributed by atoms with E-state index in [1.165, 1.54) is 29.3 Å². The van der Waals surface area contributed by atoms with Crippen molar-refractivity contribution in [1.82, 2.24) is 4.72 Å². The highest BCUT2D eigenvalue weighted by atomic mass is 32.3. The van der Waals surface area contributed by atoms with Crippen LogP contribution in [-0.2, 0) is 51.2 Å². The lowest BCUT2D eigenvalue weighted by atomic mass is 9.99. The first-order valence-corrected chi connectivity index (χ1v) is 14.3. The molecule has 0 fully saturated rings. The van der Waals surface area contributed by atoms with E-state index >= 15 is 0 Å². The predicted octanol–water partition coefficient (Wildman–Crippen LogP) is 3.41.